The molecule has 3 N–H and O–H groups in total. The number of hydrogen-bond acceptors (Lipinski definition) is 3. The van der Waals surface area contributed by atoms with Crippen LogP contribution in [0.5, 0.6) is 0 Å². The van der Waals surface area contributed by atoms with Gasteiger partial charge in [0.2, 0.25) is 0 Å². The molecule has 0 aromatic carbocycles. The normalized spacial score (nSPS) is 24.2. The predicted octanol–water partition coefficient (Wildman–Crippen LogP) is 0.699. The number of nitrogens with one attached hydrogen (secondary N) is 1. The zero-order valence-corrected chi connectivity index (χ0v) is 6.55. The van der Waals surface area contributed by atoms with Gasteiger partial charge in [0.05, 0.1) is 6.04 Å². The van der Waals surface area contributed by atoms with Gasteiger partial charge in [0.25, 0.3) is 0 Å². The molecule has 1 heterocycles. The SMILES string of the molecule is C=C(O/C=C\N)C1CCCN1. The van der Waals surface area contributed by atoms with Crippen molar-refractivity contribution in [3.05, 3.63) is 24.8 Å². The van der Waals surface area contributed by atoms with Gasteiger partial charge in [-0.25, -0.2) is 0 Å². The Labute approximate surface area is 66.9 Å². The van der Waals surface area contributed by atoms with Gasteiger partial charge in [0.15, 0.2) is 0 Å². The molecule has 1 aliphatic rings. The third-order valence-corrected chi connectivity index (χ3v) is 1.75. The van der Waals surface area contributed by atoms with Gasteiger partial charge in [-0.15, -0.1) is 0 Å². The topological polar surface area (TPSA) is 47.3 Å². The molecule has 62 valence electrons. The van der Waals surface area contributed by atoms with E-state index in [1.54, 1.807) is 0 Å². The van der Waals surface area contributed by atoms with Crippen molar-refractivity contribution in [2.75, 3.05) is 6.54 Å². The van der Waals surface area contributed by atoms with Gasteiger partial charge < -0.3 is 15.8 Å². The smallest absolute Gasteiger partial charge is 0.113 e. The molecule has 3 heteroatoms. The van der Waals surface area contributed by atoms with Crippen LogP contribution < -0.4 is 11.1 Å². The molecule has 0 aromatic heterocycles. The maximum absolute atomic E-state index is 5.11. The summed E-state index contributed by atoms with van der Waals surface area (Å²) in [6, 6.07) is 0.311. The summed E-state index contributed by atoms with van der Waals surface area (Å²) in [6.07, 6.45) is 5.11. The molecule has 1 saturated heterocycles. The van der Waals surface area contributed by atoms with Crippen molar-refractivity contribution in [2.24, 2.45) is 5.73 Å². The zero-order valence-electron chi connectivity index (χ0n) is 6.55. The van der Waals surface area contributed by atoms with E-state index >= 15 is 0 Å². The molecule has 1 fully saturated rings. The van der Waals surface area contributed by atoms with Crippen molar-refractivity contribution < 1.29 is 4.74 Å². The van der Waals surface area contributed by atoms with Crippen LogP contribution in [0.3, 0.4) is 0 Å². The maximum Gasteiger partial charge on any atom is 0.113 e. The van der Waals surface area contributed by atoms with Crippen LogP contribution in [0.25, 0.3) is 0 Å². The Morgan fingerprint density at radius 2 is 2.55 bits per heavy atom. The summed E-state index contributed by atoms with van der Waals surface area (Å²) in [5.41, 5.74) is 5.11. The largest absolute Gasteiger partial charge is 0.467 e. The standard InChI is InChI=1S/C8H14N2O/c1-7(11-6-4-9)8-3-2-5-10-8/h4,6,8,10H,1-3,5,9H2/b6-4-. The second-order valence-electron chi connectivity index (χ2n) is 2.56. The Morgan fingerprint density at radius 1 is 1.73 bits per heavy atom. The number of hydrogen-bond donors (Lipinski definition) is 2. The zero-order chi connectivity index (χ0) is 8.10. The van der Waals surface area contributed by atoms with Gasteiger partial charge in [-0.3, -0.25) is 0 Å². The molecule has 0 aromatic rings. The Hall–Kier alpha value is -0.960. The van der Waals surface area contributed by atoms with Crippen LogP contribution in [0.4, 0.5) is 0 Å². The van der Waals surface area contributed by atoms with Crippen molar-refractivity contribution in [1.29, 1.82) is 0 Å². The van der Waals surface area contributed by atoms with Gasteiger partial charge >= 0.3 is 0 Å². The molecular formula is C8H14N2O. The third kappa shape index (κ3) is 2.27. The van der Waals surface area contributed by atoms with Crippen molar-refractivity contribution >= 4 is 0 Å². The number of rotatable bonds is 3. The lowest BCUT2D eigenvalue weighted by atomic mass is 10.2. The van der Waals surface area contributed by atoms with Crippen LogP contribution in [-0.2, 0) is 4.74 Å². The molecule has 11 heavy (non-hydrogen) atoms. The van der Waals surface area contributed by atoms with E-state index in [0.717, 1.165) is 18.7 Å². The summed E-state index contributed by atoms with van der Waals surface area (Å²) in [7, 11) is 0. The van der Waals surface area contributed by atoms with E-state index < -0.39 is 0 Å². The fraction of sp³-hybridized carbons (Fsp3) is 0.500. The molecule has 3 nitrogen and oxygen atoms in total. The second-order valence-corrected chi connectivity index (χ2v) is 2.56. The van der Waals surface area contributed by atoms with E-state index in [9.17, 15) is 0 Å². The van der Waals surface area contributed by atoms with Crippen molar-refractivity contribution in [3.63, 3.8) is 0 Å². The highest BCUT2D eigenvalue weighted by molar-refractivity contribution is 5.01. The monoisotopic (exact) mass is 154 g/mol. The van der Waals surface area contributed by atoms with E-state index in [4.69, 9.17) is 10.5 Å². The first-order valence-corrected chi connectivity index (χ1v) is 3.80. The molecule has 0 amide bonds. The predicted molar refractivity (Wildman–Crippen MR) is 44.6 cm³/mol. The maximum atomic E-state index is 5.11. The molecular weight excluding hydrogens is 140 g/mol. The van der Waals surface area contributed by atoms with Gasteiger partial charge in [-0.05, 0) is 19.4 Å². The van der Waals surface area contributed by atoms with Crippen molar-refractivity contribution in [2.45, 2.75) is 18.9 Å². The molecule has 0 aliphatic carbocycles. The van der Waals surface area contributed by atoms with Crippen LogP contribution in [0, 0.1) is 0 Å². The minimum Gasteiger partial charge on any atom is -0.467 e. The van der Waals surface area contributed by atoms with Crippen LogP contribution in [-0.4, -0.2) is 12.6 Å². The lowest BCUT2D eigenvalue weighted by Gasteiger charge is -2.11. The Bertz CT molecular complexity index is 159. The molecule has 1 unspecified atom stereocenters. The van der Waals surface area contributed by atoms with Gasteiger partial charge in [0.1, 0.15) is 12.0 Å². The summed E-state index contributed by atoms with van der Waals surface area (Å²) < 4.78 is 5.11. The van der Waals surface area contributed by atoms with E-state index in [0.29, 0.717) is 6.04 Å². The highest BCUT2D eigenvalue weighted by atomic mass is 16.5. The first kappa shape index (κ1) is 8.14. The van der Waals surface area contributed by atoms with Gasteiger partial charge in [-0.2, -0.15) is 0 Å². The minimum atomic E-state index is 0.311. The second kappa shape index (κ2) is 4.03. The molecule has 1 rings (SSSR count). The lowest BCUT2D eigenvalue weighted by molar-refractivity contribution is 0.310. The molecule has 0 saturated carbocycles. The summed E-state index contributed by atoms with van der Waals surface area (Å²) in [5, 5.41) is 3.27. The van der Waals surface area contributed by atoms with Crippen molar-refractivity contribution in [1.82, 2.24) is 5.32 Å². The third-order valence-electron chi connectivity index (χ3n) is 1.75. The van der Waals surface area contributed by atoms with E-state index in [1.807, 2.05) is 0 Å². The van der Waals surface area contributed by atoms with Crippen LogP contribution in [0.2, 0.25) is 0 Å². The molecule has 0 radical (unpaired) electrons. The summed E-state index contributed by atoms with van der Waals surface area (Å²) in [4.78, 5) is 0. The van der Waals surface area contributed by atoms with Crippen LogP contribution in [0.1, 0.15) is 12.8 Å². The van der Waals surface area contributed by atoms with Crippen LogP contribution in [0.15, 0.2) is 24.8 Å². The average molecular weight is 154 g/mol. The Kier molecular flexibility index (Phi) is 2.98. The molecule has 0 bridgehead atoms. The highest BCUT2D eigenvalue weighted by Gasteiger charge is 2.17. The molecule has 1 aliphatic heterocycles. The summed E-state index contributed by atoms with van der Waals surface area (Å²) >= 11 is 0. The fourth-order valence-corrected chi connectivity index (χ4v) is 1.17. The number of ether oxygens (including phenoxy) is 1. The minimum absolute atomic E-state index is 0.311. The molecule has 1 atom stereocenters. The van der Waals surface area contributed by atoms with Crippen molar-refractivity contribution in [3.8, 4) is 0 Å². The van der Waals surface area contributed by atoms with E-state index in [-0.39, 0.29) is 0 Å². The Balaban J connectivity index is 2.28. The van der Waals surface area contributed by atoms with Gasteiger partial charge in [0, 0.05) is 6.20 Å². The quantitative estimate of drug-likeness (QED) is 0.588. The van der Waals surface area contributed by atoms with E-state index in [1.165, 1.54) is 18.9 Å². The van der Waals surface area contributed by atoms with E-state index in [2.05, 4.69) is 11.9 Å². The number of nitrogens with two attached hydrogens (primary N) is 1. The molecule has 0 spiro atoms. The summed E-state index contributed by atoms with van der Waals surface area (Å²) in [5.74, 6) is 0.754. The lowest BCUT2D eigenvalue weighted by Crippen LogP contribution is -2.23. The van der Waals surface area contributed by atoms with Gasteiger partial charge in [-0.1, -0.05) is 6.58 Å². The fourth-order valence-electron chi connectivity index (χ4n) is 1.17. The Morgan fingerprint density at radius 3 is 3.09 bits per heavy atom. The summed E-state index contributed by atoms with van der Waals surface area (Å²) in [6.45, 7) is 4.84. The average Bonchev–Trinajstić information content (AvgIpc) is 2.52. The highest BCUT2D eigenvalue weighted by Crippen LogP contribution is 2.13. The van der Waals surface area contributed by atoms with Crippen LogP contribution >= 0.6 is 0 Å². The first-order chi connectivity index (χ1) is 5.34. The first-order valence-electron chi connectivity index (χ1n) is 3.80.